The Labute approximate surface area is 181 Å². The van der Waals surface area contributed by atoms with E-state index < -0.39 is 0 Å². The lowest BCUT2D eigenvalue weighted by molar-refractivity contribution is 0.0628. The number of nitrogens with two attached hydrogens (primary N) is 1. The van der Waals surface area contributed by atoms with Crippen molar-refractivity contribution in [2.45, 2.75) is 6.54 Å². The Kier molecular flexibility index (Phi) is 6.24. The average Bonchev–Trinajstić information content (AvgIpc) is 2.81. The molecule has 158 valence electrons. The smallest absolute Gasteiger partial charge is 0.255 e. The molecule has 3 N–H and O–H groups in total. The molecule has 0 spiro atoms. The molecule has 7 nitrogen and oxygen atoms in total. The molecule has 0 atom stereocenters. The molecule has 0 unspecified atom stereocenters. The first-order valence-electron chi connectivity index (χ1n) is 10.3. The zero-order chi connectivity index (χ0) is 21.6. The monoisotopic (exact) mass is 415 g/mol. The number of para-hydroxylation sites is 2. The highest BCUT2D eigenvalue weighted by Crippen LogP contribution is 2.18. The summed E-state index contributed by atoms with van der Waals surface area (Å²) in [6.45, 7) is 3.83. The standard InChI is InChI=1S/C24H25N5O2/c25-21-5-1-2-6-22(21)27-23(30)19-7-9-20(10-8-19)24(31)29-14-12-28(13-15-29)17-18-4-3-11-26-16-18/h1-11,16H,12-15,17,25H2,(H,27,30). The van der Waals surface area contributed by atoms with Crippen molar-refractivity contribution in [2.24, 2.45) is 0 Å². The molecule has 2 amide bonds. The number of piperazine rings is 1. The van der Waals surface area contributed by atoms with Crippen LogP contribution in [0.4, 0.5) is 11.4 Å². The Morgan fingerprint density at radius 2 is 1.61 bits per heavy atom. The number of anilines is 2. The summed E-state index contributed by atoms with van der Waals surface area (Å²) in [6, 6.07) is 17.8. The van der Waals surface area contributed by atoms with Crippen LogP contribution in [0.25, 0.3) is 0 Å². The molecular formula is C24H25N5O2. The number of aromatic nitrogens is 1. The zero-order valence-electron chi connectivity index (χ0n) is 17.2. The van der Waals surface area contributed by atoms with Gasteiger partial charge in [0.1, 0.15) is 0 Å². The molecule has 2 aromatic carbocycles. The van der Waals surface area contributed by atoms with Gasteiger partial charge in [-0.05, 0) is 48.0 Å². The predicted octanol–water partition coefficient (Wildman–Crippen LogP) is 2.87. The summed E-state index contributed by atoms with van der Waals surface area (Å²) >= 11 is 0. The number of nitrogens with zero attached hydrogens (tertiary/aromatic N) is 3. The van der Waals surface area contributed by atoms with E-state index in [2.05, 4.69) is 21.3 Å². The van der Waals surface area contributed by atoms with Gasteiger partial charge in [-0.25, -0.2) is 0 Å². The molecule has 1 aromatic heterocycles. The van der Waals surface area contributed by atoms with E-state index in [1.54, 1.807) is 42.6 Å². The fourth-order valence-electron chi connectivity index (χ4n) is 3.61. The average molecular weight is 415 g/mol. The maximum Gasteiger partial charge on any atom is 0.255 e. The fourth-order valence-corrected chi connectivity index (χ4v) is 3.61. The third-order valence-electron chi connectivity index (χ3n) is 5.39. The number of carbonyl (C=O) groups is 2. The van der Waals surface area contributed by atoms with Crippen molar-refractivity contribution in [3.05, 3.63) is 89.7 Å². The predicted molar refractivity (Wildman–Crippen MR) is 121 cm³/mol. The molecule has 31 heavy (non-hydrogen) atoms. The molecule has 2 heterocycles. The highest BCUT2D eigenvalue weighted by atomic mass is 16.2. The van der Waals surface area contributed by atoms with Gasteiger partial charge in [-0.2, -0.15) is 0 Å². The minimum absolute atomic E-state index is 0.0136. The Morgan fingerprint density at radius 3 is 2.29 bits per heavy atom. The highest BCUT2D eigenvalue weighted by Gasteiger charge is 2.22. The first-order valence-corrected chi connectivity index (χ1v) is 10.3. The normalized spacial score (nSPS) is 14.3. The molecule has 0 bridgehead atoms. The minimum Gasteiger partial charge on any atom is -0.397 e. The second kappa shape index (κ2) is 9.40. The van der Waals surface area contributed by atoms with E-state index in [1.165, 1.54) is 5.56 Å². The third kappa shape index (κ3) is 5.07. The van der Waals surface area contributed by atoms with Crippen molar-refractivity contribution in [1.82, 2.24) is 14.8 Å². The van der Waals surface area contributed by atoms with Crippen LogP contribution in [0.3, 0.4) is 0 Å². The van der Waals surface area contributed by atoms with Crippen LogP contribution >= 0.6 is 0 Å². The van der Waals surface area contributed by atoms with Crippen molar-refractivity contribution >= 4 is 23.2 Å². The lowest BCUT2D eigenvalue weighted by Gasteiger charge is -2.34. The van der Waals surface area contributed by atoms with Crippen molar-refractivity contribution in [3.63, 3.8) is 0 Å². The van der Waals surface area contributed by atoms with E-state index in [4.69, 9.17) is 5.73 Å². The largest absolute Gasteiger partial charge is 0.397 e. The second-order valence-corrected chi connectivity index (χ2v) is 7.55. The highest BCUT2D eigenvalue weighted by molar-refractivity contribution is 6.06. The summed E-state index contributed by atoms with van der Waals surface area (Å²) in [5, 5.41) is 2.79. The first-order chi connectivity index (χ1) is 15.1. The fraction of sp³-hybridized carbons (Fsp3) is 0.208. The van der Waals surface area contributed by atoms with Crippen molar-refractivity contribution in [2.75, 3.05) is 37.2 Å². The van der Waals surface area contributed by atoms with Crippen LogP contribution in [0.5, 0.6) is 0 Å². The van der Waals surface area contributed by atoms with E-state index in [-0.39, 0.29) is 11.8 Å². The summed E-state index contributed by atoms with van der Waals surface area (Å²) in [6.07, 6.45) is 3.65. The second-order valence-electron chi connectivity index (χ2n) is 7.55. The van der Waals surface area contributed by atoms with Crippen LogP contribution in [0.1, 0.15) is 26.3 Å². The number of benzene rings is 2. The van der Waals surface area contributed by atoms with Gasteiger partial charge in [0.15, 0.2) is 0 Å². The van der Waals surface area contributed by atoms with Gasteiger partial charge >= 0.3 is 0 Å². The van der Waals surface area contributed by atoms with Crippen LogP contribution in [-0.2, 0) is 6.54 Å². The van der Waals surface area contributed by atoms with Gasteiger partial charge in [0.05, 0.1) is 11.4 Å². The van der Waals surface area contributed by atoms with Gasteiger partial charge in [0.25, 0.3) is 11.8 Å². The molecule has 0 saturated carbocycles. The first kappa shape index (κ1) is 20.6. The van der Waals surface area contributed by atoms with Gasteiger partial charge in [-0.3, -0.25) is 19.5 Å². The number of carbonyl (C=O) groups excluding carboxylic acids is 2. The van der Waals surface area contributed by atoms with E-state index in [0.717, 1.165) is 19.6 Å². The van der Waals surface area contributed by atoms with Gasteiger partial charge in [-0.1, -0.05) is 18.2 Å². The third-order valence-corrected chi connectivity index (χ3v) is 5.39. The van der Waals surface area contributed by atoms with Crippen LogP contribution < -0.4 is 11.1 Å². The quantitative estimate of drug-likeness (QED) is 0.625. The number of hydrogen-bond acceptors (Lipinski definition) is 5. The number of pyridine rings is 1. The van der Waals surface area contributed by atoms with E-state index in [9.17, 15) is 9.59 Å². The summed E-state index contributed by atoms with van der Waals surface area (Å²) in [5.41, 5.74) is 9.17. The Morgan fingerprint density at radius 1 is 0.903 bits per heavy atom. The number of amides is 2. The molecule has 1 aliphatic rings. The molecule has 4 rings (SSSR count). The van der Waals surface area contributed by atoms with Crippen LogP contribution in [-0.4, -0.2) is 52.8 Å². The van der Waals surface area contributed by atoms with Gasteiger partial charge < -0.3 is 16.0 Å². The number of nitrogen functional groups attached to an aromatic ring is 1. The maximum atomic E-state index is 12.9. The van der Waals surface area contributed by atoms with Crippen LogP contribution in [0.15, 0.2) is 73.1 Å². The number of hydrogen-bond donors (Lipinski definition) is 2. The minimum atomic E-state index is -0.263. The van der Waals surface area contributed by atoms with Gasteiger partial charge in [-0.15, -0.1) is 0 Å². The number of rotatable bonds is 5. The molecule has 3 aromatic rings. The summed E-state index contributed by atoms with van der Waals surface area (Å²) in [4.78, 5) is 33.7. The topological polar surface area (TPSA) is 91.6 Å². The lowest BCUT2D eigenvalue weighted by atomic mass is 10.1. The Balaban J connectivity index is 1.32. The van der Waals surface area contributed by atoms with E-state index in [1.807, 2.05) is 29.3 Å². The molecule has 1 aliphatic heterocycles. The SMILES string of the molecule is Nc1ccccc1NC(=O)c1ccc(C(=O)N2CCN(Cc3cccnc3)CC2)cc1. The molecular weight excluding hydrogens is 390 g/mol. The number of nitrogens with one attached hydrogen (secondary N) is 1. The Bertz CT molecular complexity index is 1050. The van der Waals surface area contributed by atoms with E-state index in [0.29, 0.717) is 35.6 Å². The molecule has 0 radical (unpaired) electrons. The van der Waals surface area contributed by atoms with Crippen molar-refractivity contribution in [1.29, 1.82) is 0 Å². The van der Waals surface area contributed by atoms with Crippen LogP contribution in [0, 0.1) is 0 Å². The van der Waals surface area contributed by atoms with Crippen molar-refractivity contribution in [3.8, 4) is 0 Å². The maximum absolute atomic E-state index is 12.9. The van der Waals surface area contributed by atoms with Crippen LogP contribution in [0.2, 0.25) is 0 Å². The summed E-state index contributed by atoms with van der Waals surface area (Å²) in [7, 11) is 0. The Hall–Kier alpha value is -3.71. The summed E-state index contributed by atoms with van der Waals surface area (Å²) < 4.78 is 0. The molecule has 1 fully saturated rings. The van der Waals surface area contributed by atoms with Gasteiger partial charge in [0.2, 0.25) is 0 Å². The molecule has 0 aliphatic carbocycles. The summed E-state index contributed by atoms with van der Waals surface area (Å²) in [5.74, 6) is -0.277. The zero-order valence-corrected chi connectivity index (χ0v) is 17.2. The molecule has 7 heteroatoms. The lowest BCUT2D eigenvalue weighted by Crippen LogP contribution is -2.48. The van der Waals surface area contributed by atoms with Gasteiger partial charge in [0, 0.05) is 56.2 Å². The van der Waals surface area contributed by atoms with Crippen molar-refractivity contribution < 1.29 is 9.59 Å². The van der Waals surface area contributed by atoms with E-state index >= 15 is 0 Å². The molecule has 1 saturated heterocycles.